The molecule has 0 saturated carbocycles. The molecule has 1 heterocycles. The van der Waals surface area contributed by atoms with E-state index in [0.29, 0.717) is 0 Å². The van der Waals surface area contributed by atoms with Gasteiger partial charge in [-0.15, -0.1) is 0 Å². The second kappa shape index (κ2) is 9.70. The van der Waals surface area contributed by atoms with E-state index in [1.165, 1.54) is 0 Å². The van der Waals surface area contributed by atoms with Crippen LogP contribution >= 0.6 is 0 Å². The average molecular weight is 593 g/mol. The molecule has 0 aliphatic carbocycles. The lowest BCUT2D eigenvalue weighted by molar-refractivity contribution is 0.0432. The van der Waals surface area contributed by atoms with Crippen molar-refractivity contribution in [3.8, 4) is 0 Å². The topological polar surface area (TPSA) is 73.8 Å². The second-order valence-electron chi connectivity index (χ2n) is 13.1. The van der Waals surface area contributed by atoms with Crippen LogP contribution in [0.4, 0.5) is 0 Å². The van der Waals surface area contributed by atoms with Crippen LogP contribution < -0.4 is 0 Å². The molecule has 0 radical (unpaired) electrons. The first-order valence-corrected chi connectivity index (χ1v) is 33.8. The quantitative estimate of drug-likeness (QED) is 0.330. The maximum atomic E-state index is 6.91. The van der Waals surface area contributed by atoms with E-state index in [0.717, 1.165) is 0 Å². The van der Waals surface area contributed by atoms with Gasteiger partial charge in [-0.05, 0) is 105 Å². The van der Waals surface area contributed by atoms with E-state index in [9.17, 15) is 0 Å². The highest BCUT2D eigenvalue weighted by atomic mass is 28.6. The summed E-state index contributed by atoms with van der Waals surface area (Å²) in [5.41, 5.74) is 0. The van der Waals surface area contributed by atoms with E-state index < -0.39 is 68.5 Å². The normalized spacial score (nSPS) is 24.0. The van der Waals surface area contributed by atoms with Gasteiger partial charge in [-0.3, -0.25) is 0 Å². The Labute approximate surface area is 205 Å². The minimum atomic E-state index is -3.76. The van der Waals surface area contributed by atoms with Crippen LogP contribution in [0, 0.1) is 0 Å². The molecular weight excluding hydrogens is 545 g/mol. The largest absolute Gasteiger partial charge is 0.643 e. The fraction of sp³-hybridized carbons (Fsp3) is 1.00. The summed E-state index contributed by atoms with van der Waals surface area (Å²) in [6, 6.07) is 0. The van der Waals surface area contributed by atoms with Gasteiger partial charge in [0.25, 0.3) is 0 Å². The lowest BCUT2D eigenvalue weighted by Crippen LogP contribution is -2.75. The molecule has 0 amide bonds. The Balaban J connectivity index is 3.81. The molecule has 32 heavy (non-hydrogen) atoms. The Hall–Kier alpha value is 1.42. The molecular formula is C16H48O8Si8. The van der Waals surface area contributed by atoms with Crippen molar-refractivity contribution < 1.29 is 32.9 Å². The Morgan fingerprint density at radius 1 is 0.375 bits per heavy atom. The Morgan fingerprint density at radius 2 is 0.594 bits per heavy atom. The summed E-state index contributed by atoms with van der Waals surface area (Å²) in [6.45, 7) is 33.3. The van der Waals surface area contributed by atoms with Crippen LogP contribution in [0.2, 0.25) is 105 Å². The summed E-state index contributed by atoms with van der Waals surface area (Å²) in [6.07, 6.45) is 0. The standard InChI is InChI=1S/C16H48O8Si8/c1-25(2,3)17-31(18-26(4,5)6)22-29(13,14)21-30(15,16)23-32(24-31,19-27(7,8)9)20-28(10,11)12/h1-16H3. The minimum absolute atomic E-state index is 2.00. The van der Waals surface area contributed by atoms with Gasteiger partial charge < -0.3 is 32.9 Å². The molecule has 0 aromatic carbocycles. The van der Waals surface area contributed by atoms with E-state index in [1.54, 1.807) is 0 Å². The molecule has 0 atom stereocenters. The fourth-order valence-corrected chi connectivity index (χ4v) is 33.5. The van der Waals surface area contributed by atoms with E-state index >= 15 is 0 Å². The molecule has 1 aliphatic rings. The van der Waals surface area contributed by atoms with Crippen molar-refractivity contribution in [3.63, 3.8) is 0 Å². The second-order valence-corrected chi connectivity index (χ2v) is 44.1. The summed E-state index contributed by atoms with van der Waals surface area (Å²) in [5.74, 6) is 0. The van der Waals surface area contributed by atoms with Gasteiger partial charge in [-0.1, -0.05) is 0 Å². The monoisotopic (exact) mass is 592 g/mol. The minimum Gasteiger partial charge on any atom is -0.416 e. The Morgan fingerprint density at radius 3 is 0.781 bits per heavy atom. The Kier molecular flexibility index (Phi) is 9.54. The van der Waals surface area contributed by atoms with Gasteiger partial charge in [0.15, 0.2) is 33.3 Å². The smallest absolute Gasteiger partial charge is 0.416 e. The highest BCUT2D eigenvalue weighted by Gasteiger charge is 2.68. The summed E-state index contributed by atoms with van der Waals surface area (Å²) in [7, 11) is -21.6. The van der Waals surface area contributed by atoms with Gasteiger partial charge in [-0.25, -0.2) is 0 Å². The van der Waals surface area contributed by atoms with E-state index in [4.69, 9.17) is 32.9 Å². The molecule has 192 valence electrons. The molecule has 0 aromatic rings. The SMILES string of the molecule is C[Si](C)(C)O[Si]1(O[Si](C)(C)C)O[Si](C)(C)O[Si](C)(C)O[Si](O[Si](C)(C)C)(O[Si](C)(C)C)O1. The van der Waals surface area contributed by atoms with Crippen LogP contribution in [0.1, 0.15) is 0 Å². The van der Waals surface area contributed by atoms with Crippen LogP contribution in [-0.4, -0.2) is 68.5 Å². The maximum absolute atomic E-state index is 6.91. The zero-order valence-corrected chi connectivity index (χ0v) is 31.3. The zero-order chi connectivity index (χ0) is 25.7. The van der Waals surface area contributed by atoms with Gasteiger partial charge in [0, 0.05) is 0 Å². The van der Waals surface area contributed by atoms with Crippen molar-refractivity contribution in [1.29, 1.82) is 0 Å². The van der Waals surface area contributed by atoms with Crippen molar-refractivity contribution in [2.75, 3.05) is 0 Å². The van der Waals surface area contributed by atoms with Crippen LogP contribution in [-0.2, 0) is 32.9 Å². The first-order valence-electron chi connectivity index (χ1n) is 11.3. The van der Waals surface area contributed by atoms with Crippen molar-refractivity contribution in [2.45, 2.75) is 105 Å². The molecule has 0 aromatic heterocycles. The average Bonchev–Trinajstić information content (AvgIpc) is 2.21. The molecule has 1 aliphatic heterocycles. The third-order valence-corrected chi connectivity index (χ3v) is 28.9. The predicted molar refractivity (Wildman–Crippen MR) is 149 cm³/mol. The summed E-state index contributed by atoms with van der Waals surface area (Å²) in [5, 5.41) is 0. The van der Waals surface area contributed by atoms with Crippen molar-refractivity contribution in [2.24, 2.45) is 0 Å². The fourth-order valence-electron chi connectivity index (χ4n) is 3.14. The summed E-state index contributed by atoms with van der Waals surface area (Å²) >= 11 is 0. The van der Waals surface area contributed by atoms with Gasteiger partial charge in [0.05, 0.1) is 0 Å². The molecule has 0 N–H and O–H groups in total. The zero-order valence-electron chi connectivity index (χ0n) is 23.3. The van der Waals surface area contributed by atoms with Gasteiger partial charge in [0.2, 0.25) is 0 Å². The number of rotatable bonds is 8. The van der Waals surface area contributed by atoms with Crippen molar-refractivity contribution >= 4 is 68.5 Å². The molecule has 0 unspecified atom stereocenters. The van der Waals surface area contributed by atoms with Gasteiger partial charge in [0.1, 0.15) is 0 Å². The van der Waals surface area contributed by atoms with Gasteiger partial charge >= 0.3 is 35.2 Å². The number of hydrogen-bond acceptors (Lipinski definition) is 8. The van der Waals surface area contributed by atoms with Gasteiger partial charge in [-0.2, -0.15) is 0 Å². The van der Waals surface area contributed by atoms with Crippen molar-refractivity contribution in [3.05, 3.63) is 0 Å². The lowest BCUT2D eigenvalue weighted by Gasteiger charge is -2.50. The maximum Gasteiger partial charge on any atom is 0.643 e. The summed E-state index contributed by atoms with van der Waals surface area (Å²) in [4.78, 5) is 0. The Bertz CT molecular complexity index is 562. The summed E-state index contributed by atoms with van der Waals surface area (Å²) < 4.78 is 53.9. The first kappa shape index (κ1) is 31.4. The third-order valence-electron chi connectivity index (χ3n) is 3.21. The molecule has 8 nitrogen and oxygen atoms in total. The highest BCUT2D eigenvalue weighted by molar-refractivity contribution is 6.96. The van der Waals surface area contributed by atoms with E-state index in [-0.39, 0.29) is 0 Å². The van der Waals surface area contributed by atoms with Crippen LogP contribution in [0.5, 0.6) is 0 Å². The predicted octanol–water partition coefficient (Wildman–Crippen LogP) is 5.75. The molecule has 1 rings (SSSR count). The first-order chi connectivity index (χ1) is 13.7. The van der Waals surface area contributed by atoms with Crippen LogP contribution in [0.15, 0.2) is 0 Å². The lowest BCUT2D eigenvalue weighted by atomic mass is 11.8. The van der Waals surface area contributed by atoms with Crippen LogP contribution in [0.3, 0.4) is 0 Å². The molecule has 1 saturated heterocycles. The van der Waals surface area contributed by atoms with Crippen molar-refractivity contribution in [1.82, 2.24) is 0 Å². The molecule has 0 spiro atoms. The van der Waals surface area contributed by atoms with E-state index in [1.807, 2.05) is 26.2 Å². The van der Waals surface area contributed by atoms with Crippen LogP contribution in [0.25, 0.3) is 0 Å². The number of hydrogen-bond donors (Lipinski definition) is 0. The highest BCUT2D eigenvalue weighted by Crippen LogP contribution is 2.38. The third kappa shape index (κ3) is 11.9. The molecule has 0 bridgehead atoms. The molecule has 16 heteroatoms. The molecule has 1 fully saturated rings. The van der Waals surface area contributed by atoms with E-state index in [2.05, 4.69) is 78.6 Å².